The molecule has 0 aliphatic carbocycles. The maximum Gasteiger partial charge on any atom is 0.340 e. The number of para-hydroxylation sites is 1. The number of nitrogens with zero attached hydrogens (tertiary/aromatic N) is 1. The van der Waals surface area contributed by atoms with Crippen LogP contribution in [0.2, 0.25) is 5.02 Å². The number of ether oxygens (including phenoxy) is 1. The largest absolute Gasteiger partial charge is 0.462 e. The first-order chi connectivity index (χ1) is 11.6. The van der Waals surface area contributed by atoms with Crippen molar-refractivity contribution in [2.24, 2.45) is 0 Å². The quantitative estimate of drug-likeness (QED) is 0.543. The molecule has 24 heavy (non-hydrogen) atoms. The first-order valence-electron chi connectivity index (χ1n) is 7.47. The van der Waals surface area contributed by atoms with Gasteiger partial charge >= 0.3 is 5.97 Å². The summed E-state index contributed by atoms with van der Waals surface area (Å²) in [5.74, 6) is -0.448. The van der Waals surface area contributed by atoms with Crippen LogP contribution in [0, 0.1) is 0 Å². The molecular formula is C18H16ClN3O2. The molecule has 1 aromatic heterocycles. The summed E-state index contributed by atoms with van der Waals surface area (Å²) < 4.78 is 5.03. The van der Waals surface area contributed by atoms with Crippen molar-refractivity contribution in [2.75, 3.05) is 17.7 Å². The molecule has 0 spiro atoms. The third-order valence-corrected chi connectivity index (χ3v) is 3.90. The summed E-state index contributed by atoms with van der Waals surface area (Å²) in [7, 11) is 0. The molecular weight excluding hydrogens is 326 g/mol. The van der Waals surface area contributed by atoms with Gasteiger partial charge in [0.2, 0.25) is 0 Å². The molecule has 0 aliphatic rings. The molecule has 0 saturated carbocycles. The minimum atomic E-state index is -0.448. The minimum Gasteiger partial charge on any atom is -0.462 e. The van der Waals surface area contributed by atoms with Gasteiger partial charge in [0.1, 0.15) is 0 Å². The average molecular weight is 342 g/mol. The average Bonchev–Trinajstić information content (AvgIpc) is 2.57. The number of rotatable bonds is 4. The van der Waals surface area contributed by atoms with Gasteiger partial charge in [0.25, 0.3) is 0 Å². The summed E-state index contributed by atoms with van der Waals surface area (Å²) in [5.41, 5.74) is 8.92. The molecule has 0 saturated heterocycles. The van der Waals surface area contributed by atoms with Crippen molar-refractivity contribution in [3.63, 3.8) is 0 Å². The van der Waals surface area contributed by atoms with Crippen molar-refractivity contribution in [1.82, 2.24) is 4.98 Å². The summed E-state index contributed by atoms with van der Waals surface area (Å²) in [6.45, 7) is 2.04. The lowest BCUT2D eigenvalue weighted by atomic mass is 10.1. The highest BCUT2D eigenvalue weighted by Gasteiger charge is 2.14. The normalized spacial score (nSPS) is 10.6. The standard InChI is InChI=1S/C18H16ClN3O2/c1-2-24-18(23)11-5-3-8-15(17(11)20)22-14-9-10-21-13-7-4-6-12(19)16(13)14/h3-10H,2,20H2,1H3,(H,21,22). The number of nitrogen functional groups attached to an aromatic ring is 1. The second kappa shape index (κ2) is 6.76. The Morgan fingerprint density at radius 2 is 2.00 bits per heavy atom. The van der Waals surface area contributed by atoms with E-state index >= 15 is 0 Å². The van der Waals surface area contributed by atoms with Crippen molar-refractivity contribution in [3.05, 3.63) is 59.2 Å². The van der Waals surface area contributed by atoms with Gasteiger partial charge in [-0.1, -0.05) is 23.7 Å². The van der Waals surface area contributed by atoms with Gasteiger partial charge in [-0.05, 0) is 37.3 Å². The highest BCUT2D eigenvalue weighted by atomic mass is 35.5. The van der Waals surface area contributed by atoms with Crippen LogP contribution in [-0.4, -0.2) is 17.6 Å². The predicted octanol–water partition coefficient (Wildman–Crippen LogP) is 4.39. The number of anilines is 3. The van der Waals surface area contributed by atoms with Gasteiger partial charge in [-0.3, -0.25) is 4.98 Å². The molecule has 0 atom stereocenters. The van der Waals surface area contributed by atoms with E-state index in [1.165, 1.54) is 0 Å². The van der Waals surface area contributed by atoms with Crippen molar-refractivity contribution < 1.29 is 9.53 Å². The molecule has 0 amide bonds. The zero-order chi connectivity index (χ0) is 17.1. The van der Waals surface area contributed by atoms with Crippen LogP contribution in [0.15, 0.2) is 48.7 Å². The monoisotopic (exact) mass is 341 g/mol. The topological polar surface area (TPSA) is 77.2 Å². The second-order valence-corrected chi connectivity index (χ2v) is 5.51. The van der Waals surface area contributed by atoms with E-state index in [4.69, 9.17) is 22.1 Å². The zero-order valence-electron chi connectivity index (χ0n) is 13.0. The Morgan fingerprint density at radius 1 is 1.21 bits per heavy atom. The van der Waals surface area contributed by atoms with E-state index in [1.54, 1.807) is 37.4 Å². The molecule has 122 valence electrons. The smallest absolute Gasteiger partial charge is 0.340 e. The van der Waals surface area contributed by atoms with Crippen LogP contribution in [-0.2, 0) is 4.74 Å². The summed E-state index contributed by atoms with van der Waals surface area (Å²) in [5, 5.41) is 4.62. The molecule has 6 heteroatoms. The third-order valence-electron chi connectivity index (χ3n) is 3.59. The number of hydrogen-bond acceptors (Lipinski definition) is 5. The zero-order valence-corrected chi connectivity index (χ0v) is 13.8. The van der Waals surface area contributed by atoms with Crippen molar-refractivity contribution in [3.8, 4) is 0 Å². The van der Waals surface area contributed by atoms with Gasteiger partial charge in [0.15, 0.2) is 0 Å². The van der Waals surface area contributed by atoms with Gasteiger partial charge in [0, 0.05) is 11.6 Å². The van der Waals surface area contributed by atoms with E-state index in [0.29, 0.717) is 28.6 Å². The molecule has 1 heterocycles. The summed E-state index contributed by atoms with van der Waals surface area (Å²) >= 11 is 6.31. The van der Waals surface area contributed by atoms with E-state index in [1.807, 2.05) is 18.2 Å². The van der Waals surface area contributed by atoms with Crippen molar-refractivity contribution >= 4 is 45.5 Å². The Labute approximate surface area is 144 Å². The van der Waals surface area contributed by atoms with Crippen LogP contribution in [0.5, 0.6) is 0 Å². The van der Waals surface area contributed by atoms with E-state index < -0.39 is 5.97 Å². The van der Waals surface area contributed by atoms with Gasteiger partial charge in [-0.2, -0.15) is 0 Å². The number of carbonyl (C=O) groups excluding carboxylic acids is 1. The lowest BCUT2D eigenvalue weighted by Gasteiger charge is -2.14. The molecule has 0 unspecified atom stereocenters. The molecule has 0 aliphatic heterocycles. The van der Waals surface area contributed by atoms with Crippen LogP contribution < -0.4 is 11.1 Å². The Balaban J connectivity index is 2.04. The van der Waals surface area contributed by atoms with Gasteiger partial charge in [-0.25, -0.2) is 4.79 Å². The number of nitrogens with two attached hydrogens (primary N) is 1. The van der Waals surface area contributed by atoms with Crippen molar-refractivity contribution in [2.45, 2.75) is 6.92 Å². The highest BCUT2D eigenvalue weighted by Crippen LogP contribution is 2.33. The highest BCUT2D eigenvalue weighted by molar-refractivity contribution is 6.36. The number of hydrogen-bond donors (Lipinski definition) is 2. The van der Waals surface area contributed by atoms with Crippen molar-refractivity contribution in [1.29, 1.82) is 0 Å². The lowest BCUT2D eigenvalue weighted by Crippen LogP contribution is -2.09. The Bertz CT molecular complexity index is 907. The Hall–Kier alpha value is -2.79. The fraction of sp³-hybridized carbons (Fsp3) is 0.111. The minimum absolute atomic E-state index is 0.292. The van der Waals surface area contributed by atoms with E-state index in [9.17, 15) is 4.79 Å². The number of aromatic nitrogens is 1. The molecule has 2 aromatic carbocycles. The molecule has 0 radical (unpaired) electrons. The number of esters is 1. The van der Waals surface area contributed by atoms with E-state index in [-0.39, 0.29) is 0 Å². The van der Waals surface area contributed by atoms with Crippen LogP contribution in [0.4, 0.5) is 17.1 Å². The second-order valence-electron chi connectivity index (χ2n) is 5.10. The number of fused-ring (bicyclic) bond motifs is 1. The summed E-state index contributed by atoms with van der Waals surface area (Å²) in [6.07, 6.45) is 1.69. The molecule has 3 N–H and O–H groups in total. The first-order valence-corrected chi connectivity index (χ1v) is 7.85. The Morgan fingerprint density at radius 3 is 2.79 bits per heavy atom. The molecule has 3 rings (SSSR count). The van der Waals surface area contributed by atoms with Gasteiger partial charge in [-0.15, -0.1) is 0 Å². The maximum atomic E-state index is 12.0. The fourth-order valence-corrected chi connectivity index (χ4v) is 2.74. The first kappa shape index (κ1) is 16.1. The van der Waals surface area contributed by atoms with Crippen LogP contribution in [0.25, 0.3) is 10.9 Å². The number of nitrogens with one attached hydrogen (secondary N) is 1. The number of pyridine rings is 1. The van der Waals surface area contributed by atoms with E-state index in [2.05, 4.69) is 10.3 Å². The summed E-state index contributed by atoms with van der Waals surface area (Å²) in [6, 6.07) is 12.5. The number of carbonyl (C=O) groups is 1. The van der Waals surface area contributed by atoms with Crippen LogP contribution in [0.3, 0.4) is 0 Å². The Kier molecular flexibility index (Phi) is 4.53. The maximum absolute atomic E-state index is 12.0. The lowest BCUT2D eigenvalue weighted by molar-refractivity contribution is 0.0527. The molecule has 0 fully saturated rings. The number of halogens is 1. The summed E-state index contributed by atoms with van der Waals surface area (Å²) in [4.78, 5) is 16.3. The molecule has 3 aromatic rings. The van der Waals surface area contributed by atoms with Gasteiger partial charge in [0.05, 0.1) is 39.8 Å². The number of benzene rings is 2. The third kappa shape index (κ3) is 2.98. The van der Waals surface area contributed by atoms with Crippen LogP contribution >= 0.6 is 11.6 Å². The van der Waals surface area contributed by atoms with Gasteiger partial charge < -0.3 is 15.8 Å². The molecule has 0 bridgehead atoms. The SMILES string of the molecule is CCOC(=O)c1cccc(Nc2ccnc3cccc(Cl)c23)c1N. The predicted molar refractivity (Wildman–Crippen MR) is 96.8 cm³/mol. The fourth-order valence-electron chi connectivity index (χ4n) is 2.47. The van der Waals surface area contributed by atoms with Crippen LogP contribution in [0.1, 0.15) is 17.3 Å². The molecule has 5 nitrogen and oxygen atoms in total. The van der Waals surface area contributed by atoms with E-state index in [0.717, 1.165) is 16.6 Å².